The lowest BCUT2D eigenvalue weighted by molar-refractivity contribution is -0.133. The maximum absolute atomic E-state index is 11.9. The van der Waals surface area contributed by atoms with Gasteiger partial charge in [-0.1, -0.05) is 31.5 Å². The van der Waals surface area contributed by atoms with Crippen LogP contribution in [-0.4, -0.2) is 30.5 Å². The Bertz CT molecular complexity index is 324. The van der Waals surface area contributed by atoms with Crippen LogP contribution in [0.1, 0.15) is 26.7 Å². The highest BCUT2D eigenvalue weighted by Gasteiger charge is 2.11. The summed E-state index contributed by atoms with van der Waals surface area (Å²) < 4.78 is 5.44. The number of carbonyl (C=O) groups is 1. The number of para-hydroxylation sites is 1. The van der Waals surface area contributed by atoms with Gasteiger partial charge in [-0.25, -0.2) is 0 Å². The first kappa shape index (κ1) is 13.6. The molecule has 0 unspecified atom stereocenters. The van der Waals surface area contributed by atoms with Crippen LogP contribution >= 0.6 is 0 Å². The summed E-state index contributed by atoms with van der Waals surface area (Å²) in [6, 6.07) is 9.43. The van der Waals surface area contributed by atoms with E-state index in [0.717, 1.165) is 31.7 Å². The minimum atomic E-state index is 0.0600. The number of nitrogens with zero attached hydrogens (tertiary/aromatic N) is 1. The molecular weight excluding hydrogens is 214 g/mol. The Hall–Kier alpha value is -1.51. The van der Waals surface area contributed by atoms with Crippen LogP contribution in [0.25, 0.3) is 0 Å². The number of unbranched alkanes of at least 4 members (excludes halogenated alkanes) is 1. The van der Waals surface area contributed by atoms with Crippen molar-refractivity contribution >= 4 is 5.91 Å². The lowest BCUT2D eigenvalue weighted by atomic mass is 10.3. The molecule has 0 radical (unpaired) electrons. The predicted molar refractivity (Wildman–Crippen MR) is 69.1 cm³/mol. The highest BCUT2D eigenvalue weighted by Crippen LogP contribution is 2.08. The normalized spacial score (nSPS) is 10.0. The lowest BCUT2D eigenvalue weighted by Gasteiger charge is -2.20. The van der Waals surface area contributed by atoms with E-state index in [1.165, 1.54) is 0 Å². The molecule has 0 aromatic heterocycles. The van der Waals surface area contributed by atoms with Crippen molar-refractivity contribution in [2.75, 3.05) is 19.7 Å². The molecule has 0 aliphatic heterocycles. The molecule has 0 fully saturated rings. The topological polar surface area (TPSA) is 29.5 Å². The van der Waals surface area contributed by atoms with E-state index in [4.69, 9.17) is 4.74 Å². The van der Waals surface area contributed by atoms with E-state index in [-0.39, 0.29) is 12.5 Å². The molecule has 0 saturated carbocycles. The zero-order valence-electron chi connectivity index (χ0n) is 10.7. The van der Waals surface area contributed by atoms with Crippen LogP contribution in [0, 0.1) is 0 Å². The van der Waals surface area contributed by atoms with Gasteiger partial charge in [0, 0.05) is 13.1 Å². The smallest absolute Gasteiger partial charge is 0.260 e. The fourth-order valence-corrected chi connectivity index (χ4v) is 1.56. The molecule has 1 rings (SSSR count). The second-order valence-electron chi connectivity index (χ2n) is 3.93. The molecule has 0 aliphatic rings. The third-order valence-electron chi connectivity index (χ3n) is 2.62. The zero-order valence-corrected chi connectivity index (χ0v) is 10.7. The third kappa shape index (κ3) is 4.89. The Morgan fingerprint density at radius 2 is 1.94 bits per heavy atom. The van der Waals surface area contributed by atoms with Gasteiger partial charge < -0.3 is 9.64 Å². The van der Waals surface area contributed by atoms with Crippen molar-refractivity contribution in [3.8, 4) is 5.75 Å². The highest BCUT2D eigenvalue weighted by molar-refractivity contribution is 5.77. The fourth-order valence-electron chi connectivity index (χ4n) is 1.56. The minimum Gasteiger partial charge on any atom is -0.484 e. The van der Waals surface area contributed by atoms with Crippen molar-refractivity contribution in [3.05, 3.63) is 30.3 Å². The van der Waals surface area contributed by atoms with Crippen LogP contribution in [0.5, 0.6) is 5.75 Å². The molecule has 0 atom stereocenters. The molecule has 0 saturated heterocycles. The molecular formula is C14H21NO2. The van der Waals surface area contributed by atoms with E-state index < -0.39 is 0 Å². The molecule has 0 bridgehead atoms. The van der Waals surface area contributed by atoms with E-state index in [0.29, 0.717) is 0 Å². The van der Waals surface area contributed by atoms with Gasteiger partial charge >= 0.3 is 0 Å². The summed E-state index contributed by atoms with van der Waals surface area (Å²) in [6.07, 6.45) is 2.15. The van der Waals surface area contributed by atoms with Gasteiger partial charge in [0.2, 0.25) is 0 Å². The van der Waals surface area contributed by atoms with Crippen LogP contribution in [0.15, 0.2) is 30.3 Å². The van der Waals surface area contributed by atoms with E-state index >= 15 is 0 Å². The van der Waals surface area contributed by atoms with Crippen LogP contribution in [0.4, 0.5) is 0 Å². The standard InChI is InChI=1S/C14H21NO2/c1-3-5-11-15(4-2)14(16)12-17-13-9-7-6-8-10-13/h6-10H,3-5,11-12H2,1-2H3. The molecule has 0 N–H and O–H groups in total. The summed E-state index contributed by atoms with van der Waals surface area (Å²) in [5, 5.41) is 0. The molecule has 1 aromatic carbocycles. The van der Waals surface area contributed by atoms with Crippen LogP contribution < -0.4 is 4.74 Å². The molecule has 94 valence electrons. The Morgan fingerprint density at radius 1 is 1.24 bits per heavy atom. The quantitative estimate of drug-likeness (QED) is 0.727. The first-order valence-electron chi connectivity index (χ1n) is 6.23. The van der Waals surface area contributed by atoms with Crippen LogP contribution in [0.2, 0.25) is 0 Å². The first-order chi connectivity index (χ1) is 8.27. The number of amides is 1. The molecule has 0 heterocycles. The first-order valence-corrected chi connectivity index (χ1v) is 6.23. The summed E-state index contributed by atoms with van der Waals surface area (Å²) in [7, 11) is 0. The number of likely N-dealkylation sites (N-methyl/N-ethyl adjacent to an activating group) is 1. The number of hydrogen-bond acceptors (Lipinski definition) is 2. The third-order valence-corrected chi connectivity index (χ3v) is 2.62. The maximum atomic E-state index is 11.9. The molecule has 3 heteroatoms. The van der Waals surface area contributed by atoms with Crippen molar-refractivity contribution in [2.24, 2.45) is 0 Å². The average molecular weight is 235 g/mol. The van der Waals surface area contributed by atoms with E-state index in [2.05, 4.69) is 6.92 Å². The second-order valence-corrected chi connectivity index (χ2v) is 3.93. The van der Waals surface area contributed by atoms with Gasteiger partial charge in [-0.2, -0.15) is 0 Å². The molecule has 0 spiro atoms. The molecule has 0 aliphatic carbocycles. The predicted octanol–water partition coefficient (Wildman–Crippen LogP) is 2.71. The van der Waals surface area contributed by atoms with Crippen molar-refractivity contribution in [1.82, 2.24) is 4.90 Å². The molecule has 1 aromatic rings. The molecule has 3 nitrogen and oxygen atoms in total. The largest absolute Gasteiger partial charge is 0.484 e. The number of carbonyl (C=O) groups excluding carboxylic acids is 1. The van der Waals surface area contributed by atoms with Crippen molar-refractivity contribution in [3.63, 3.8) is 0 Å². The average Bonchev–Trinajstić information content (AvgIpc) is 2.38. The van der Waals surface area contributed by atoms with Crippen LogP contribution in [0.3, 0.4) is 0 Å². The number of rotatable bonds is 7. The second kappa shape index (κ2) is 7.71. The Balaban J connectivity index is 2.37. The summed E-state index contributed by atoms with van der Waals surface area (Å²) >= 11 is 0. The van der Waals surface area contributed by atoms with Gasteiger partial charge in [-0.3, -0.25) is 4.79 Å². The van der Waals surface area contributed by atoms with Gasteiger partial charge in [-0.15, -0.1) is 0 Å². The van der Waals surface area contributed by atoms with Crippen molar-refractivity contribution in [2.45, 2.75) is 26.7 Å². The number of hydrogen-bond donors (Lipinski definition) is 0. The Kier molecular flexibility index (Phi) is 6.15. The lowest BCUT2D eigenvalue weighted by Crippen LogP contribution is -2.35. The van der Waals surface area contributed by atoms with Gasteiger partial charge in [0.1, 0.15) is 5.75 Å². The highest BCUT2D eigenvalue weighted by atomic mass is 16.5. The van der Waals surface area contributed by atoms with Gasteiger partial charge in [-0.05, 0) is 25.5 Å². The summed E-state index contributed by atoms with van der Waals surface area (Å²) in [4.78, 5) is 13.7. The van der Waals surface area contributed by atoms with Gasteiger partial charge in [0.05, 0.1) is 0 Å². The maximum Gasteiger partial charge on any atom is 0.260 e. The van der Waals surface area contributed by atoms with Crippen LogP contribution in [-0.2, 0) is 4.79 Å². The van der Waals surface area contributed by atoms with E-state index in [1.54, 1.807) is 0 Å². The summed E-state index contributed by atoms with van der Waals surface area (Å²) in [5.41, 5.74) is 0. The Labute approximate surface area is 103 Å². The summed E-state index contributed by atoms with van der Waals surface area (Å²) in [5.74, 6) is 0.803. The Morgan fingerprint density at radius 3 is 2.53 bits per heavy atom. The van der Waals surface area contributed by atoms with Gasteiger partial charge in [0.15, 0.2) is 6.61 Å². The monoisotopic (exact) mass is 235 g/mol. The van der Waals surface area contributed by atoms with Gasteiger partial charge in [0.25, 0.3) is 5.91 Å². The summed E-state index contributed by atoms with van der Waals surface area (Å²) in [6.45, 7) is 5.82. The van der Waals surface area contributed by atoms with E-state index in [9.17, 15) is 4.79 Å². The SMILES string of the molecule is CCCCN(CC)C(=O)COc1ccccc1. The van der Waals surface area contributed by atoms with Crippen molar-refractivity contribution < 1.29 is 9.53 Å². The van der Waals surface area contributed by atoms with Crippen molar-refractivity contribution in [1.29, 1.82) is 0 Å². The molecule has 17 heavy (non-hydrogen) atoms. The number of benzene rings is 1. The fraction of sp³-hybridized carbons (Fsp3) is 0.500. The minimum absolute atomic E-state index is 0.0600. The number of ether oxygens (including phenoxy) is 1. The molecule has 1 amide bonds. The zero-order chi connectivity index (χ0) is 12.5. The van der Waals surface area contributed by atoms with E-state index in [1.807, 2.05) is 42.2 Å².